The zero-order valence-electron chi connectivity index (χ0n) is 14.7. The van der Waals surface area contributed by atoms with E-state index in [0.29, 0.717) is 24.3 Å². The molecule has 0 saturated carbocycles. The number of rotatable bonds is 10. The van der Waals surface area contributed by atoms with Crippen molar-refractivity contribution < 1.29 is 17.9 Å². The Morgan fingerprint density at radius 3 is 2.19 bits per heavy atom. The van der Waals surface area contributed by atoms with Crippen molar-refractivity contribution in [3.05, 3.63) is 71.8 Å². The lowest BCUT2D eigenvalue weighted by Gasteiger charge is -2.33. The first-order chi connectivity index (χ1) is 12.4. The van der Waals surface area contributed by atoms with Gasteiger partial charge >= 0.3 is 13.2 Å². The second-order valence-electron chi connectivity index (χ2n) is 5.96. The Morgan fingerprint density at radius 1 is 1.04 bits per heavy atom. The molecule has 0 heterocycles. The van der Waals surface area contributed by atoms with Crippen molar-refractivity contribution in [2.45, 2.75) is 25.1 Å². The van der Waals surface area contributed by atoms with E-state index in [0.717, 1.165) is 4.67 Å². The second kappa shape index (κ2) is 9.61. The predicted molar refractivity (Wildman–Crippen MR) is 102 cm³/mol. The van der Waals surface area contributed by atoms with Gasteiger partial charge < -0.3 is 4.52 Å². The minimum atomic E-state index is -4.48. The van der Waals surface area contributed by atoms with Crippen molar-refractivity contribution in [1.82, 2.24) is 4.67 Å². The third-order valence-electron chi connectivity index (χ3n) is 4.04. The maximum absolute atomic E-state index is 15.2. The van der Waals surface area contributed by atoms with E-state index in [4.69, 9.17) is 16.1 Å². The van der Waals surface area contributed by atoms with Crippen LogP contribution in [0.25, 0.3) is 0 Å². The van der Waals surface area contributed by atoms with Gasteiger partial charge in [0.15, 0.2) is 0 Å². The third-order valence-corrected chi connectivity index (χ3v) is 6.85. The molecule has 1 atom stereocenters. The zero-order valence-corrected chi connectivity index (χ0v) is 16.3. The van der Waals surface area contributed by atoms with Crippen molar-refractivity contribution in [3.63, 3.8) is 0 Å². The summed E-state index contributed by atoms with van der Waals surface area (Å²) in [5.74, 6) is 0.429. The maximum atomic E-state index is 15.2. The van der Waals surface area contributed by atoms with Gasteiger partial charge in [0.05, 0.1) is 6.61 Å². The lowest BCUT2D eigenvalue weighted by Crippen LogP contribution is -2.29. The van der Waals surface area contributed by atoms with Crippen LogP contribution in [-0.2, 0) is 21.4 Å². The minimum Gasteiger partial charge on any atom is -0.308 e. The Morgan fingerprint density at radius 2 is 1.62 bits per heavy atom. The Bertz CT molecular complexity index is 716. The Labute approximate surface area is 158 Å². The molecule has 7 heteroatoms. The fourth-order valence-electron chi connectivity index (χ4n) is 2.50. The number of unbranched alkanes of at least 4 members (excludes halogenated alkanes) is 1. The molecule has 0 spiro atoms. The average Bonchev–Trinajstić information content (AvgIpc) is 2.67. The number of hydrogen-bond acceptors (Lipinski definition) is 2. The summed E-state index contributed by atoms with van der Waals surface area (Å²) in [4.78, 5) is 0. The van der Waals surface area contributed by atoms with Crippen molar-refractivity contribution in [2.75, 3.05) is 19.5 Å². The van der Waals surface area contributed by atoms with E-state index >= 15 is 8.78 Å². The van der Waals surface area contributed by atoms with Crippen LogP contribution in [-0.4, -0.2) is 24.1 Å². The van der Waals surface area contributed by atoms with Crippen LogP contribution in [0, 0.1) is 0 Å². The van der Waals surface area contributed by atoms with Gasteiger partial charge in [0.1, 0.15) is 0 Å². The molecule has 0 bridgehead atoms. The highest BCUT2D eigenvalue weighted by Gasteiger charge is 2.55. The van der Waals surface area contributed by atoms with E-state index < -0.39 is 13.2 Å². The van der Waals surface area contributed by atoms with Crippen LogP contribution in [0.15, 0.2) is 60.7 Å². The largest absolute Gasteiger partial charge is 0.360 e. The van der Waals surface area contributed by atoms with Gasteiger partial charge in [-0.25, -0.2) is 4.67 Å². The predicted octanol–water partition coefficient (Wildman–Crippen LogP) is 6.10. The smallest absolute Gasteiger partial charge is 0.308 e. The highest BCUT2D eigenvalue weighted by Crippen LogP contribution is 2.68. The molecule has 0 N–H and O–H groups in total. The minimum absolute atomic E-state index is 0.152. The summed E-state index contributed by atoms with van der Waals surface area (Å²) < 4.78 is 50.4. The molecule has 142 valence electrons. The number of hydrogen-bond donors (Lipinski definition) is 0. The topological polar surface area (TPSA) is 29.5 Å². The van der Waals surface area contributed by atoms with Crippen LogP contribution >= 0.6 is 19.1 Å². The molecule has 26 heavy (non-hydrogen) atoms. The lowest BCUT2D eigenvalue weighted by atomic mass is 10.2. The molecule has 2 aromatic carbocycles. The van der Waals surface area contributed by atoms with E-state index in [2.05, 4.69) is 0 Å². The van der Waals surface area contributed by atoms with E-state index in [1.165, 1.54) is 31.3 Å². The van der Waals surface area contributed by atoms with E-state index in [1.54, 1.807) is 30.3 Å². The standard InChI is InChI=1S/C19H23ClF2NO2P/c1-23(15-9-8-14-20)26(24,25-16-17-10-4-2-5-11-17)19(21,22)18-12-6-3-7-13-18/h2-7,10-13H,8-9,14-16H2,1H3. The van der Waals surface area contributed by atoms with Crippen LogP contribution in [0.3, 0.4) is 0 Å². The molecule has 0 aliphatic rings. The van der Waals surface area contributed by atoms with Crippen LogP contribution in [0.2, 0.25) is 0 Å². The Balaban J connectivity index is 2.29. The van der Waals surface area contributed by atoms with Crippen LogP contribution in [0.4, 0.5) is 8.78 Å². The molecule has 2 rings (SSSR count). The van der Waals surface area contributed by atoms with Crippen molar-refractivity contribution >= 4 is 19.1 Å². The van der Waals surface area contributed by atoms with E-state index in [-0.39, 0.29) is 18.7 Å². The third kappa shape index (κ3) is 4.92. The molecule has 3 nitrogen and oxygen atoms in total. The van der Waals surface area contributed by atoms with Crippen molar-refractivity contribution in [3.8, 4) is 0 Å². The molecule has 0 saturated heterocycles. The average molecular weight is 402 g/mol. The molecule has 0 fully saturated rings. The summed E-state index contributed by atoms with van der Waals surface area (Å²) in [6.07, 6.45) is 1.21. The summed E-state index contributed by atoms with van der Waals surface area (Å²) in [5.41, 5.74) is -3.26. The number of nitrogens with zero attached hydrogens (tertiary/aromatic N) is 1. The SMILES string of the molecule is CN(CCCCCl)P(=O)(OCc1ccccc1)C(F)(F)c1ccccc1. The van der Waals surface area contributed by atoms with Gasteiger partial charge in [0.2, 0.25) is 0 Å². The first-order valence-corrected chi connectivity index (χ1v) is 10.5. The highest BCUT2D eigenvalue weighted by atomic mass is 35.5. The second-order valence-corrected chi connectivity index (χ2v) is 8.89. The van der Waals surface area contributed by atoms with Gasteiger partial charge in [0.25, 0.3) is 0 Å². The van der Waals surface area contributed by atoms with Gasteiger partial charge in [-0.15, -0.1) is 11.6 Å². The van der Waals surface area contributed by atoms with Crippen LogP contribution < -0.4 is 0 Å². The van der Waals surface area contributed by atoms with Gasteiger partial charge in [0, 0.05) is 18.0 Å². The van der Waals surface area contributed by atoms with Crippen LogP contribution in [0.1, 0.15) is 24.0 Å². The van der Waals surface area contributed by atoms with Crippen LogP contribution in [0.5, 0.6) is 0 Å². The fourth-order valence-corrected chi connectivity index (χ4v) is 4.68. The molecular formula is C19H23ClF2NO2P. The summed E-state index contributed by atoms with van der Waals surface area (Å²) in [6.45, 7) is 0.0571. The summed E-state index contributed by atoms with van der Waals surface area (Å²) >= 11 is 5.66. The summed E-state index contributed by atoms with van der Waals surface area (Å²) in [7, 11) is -3.07. The molecule has 0 aliphatic heterocycles. The molecule has 0 aliphatic carbocycles. The number of alkyl halides is 3. The van der Waals surface area contributed by atoms with Gasteiger partial charge in [-0.05, 0) is 25.5 Å². The molecular weight excluding hydrogens is 379 g/mol. The quantitative estimate of drug-likeness (QED) is 0.274. The fraction of sp³-hybridized carbons (Fsp3) is 0.368. The van der Waals surface area contributed by atoms with E-state index in [1.807, 2.05) is 6.07 Å². The molecule has 0 aromatic heterocycles. The monoisotopic (exact) mass is 401 g/mol. The molecule has 0 amide bonds. The lowest BCUT2D eigenvalue weighted by molar-refractivity contribution is 0.0505. The highest BCUT2D eigenvalue weighted by molar-refractivity contribution is 7.57. The zero-order chi connectivity index (χ0) is 19.0. The van der Waals surface area contributed by atoms with Crippen molar-refractivity contribution in [1.29, 1.82) is 0 Å². The molecule has 0 radical (unpaired) electrons. The van der Waals surface area contributed by atoms with E-state index in [9.17, 15) is 4.57 Å². The summed E-state index contributed by atoms with van der Waals surface area (Å²) in [5, 5.41) is 0. The summed E-state index contributed by atoms with van der Waals surface area (Å²) in [6, 6.07) is 16.1. The first kappa shape index (κ1) is 21.0. The number of halogens is 3. The van der Waals surface area contributed by atoms with Crippen molar-refractivity contribution in [2.24, 2.45) is 0 Å². The molecule has 1 unspecified atom stereocenters. The molecule has 2 aromatic rings. The number of benzene rings is 2. The normalized spacial score (nSPS) is 14.3. The van der Waals surface area contributed by atoms with Gasteiger partial charge in [-0.3, -0.25) is 4.57 Å². The van der Waals surface area contributed by atoms with Gasteiger partial charge in [-0.1, -0.05) is 60.7 Å². The first-order valence-electron chi connectivity index (χ1n) is 8.41. The Hall–Kier alpha value is -1.26. The maximum Gasteiger partial charge on any atom is 0.360 e. The Kier molecular flexibility index (Phi) is 7.78. The van der Waals surface area contributed by atoms with Gasteiger partial charge in [-0.2, -0.15) is 8.78 Å².